The number of hydrogen-bond acceptors (Lipinski definition) is 4. The smallest absolute Gasteiger partial charge is 0.178 e. The molecule has 27 heavy (non-hydrogen) atoms. The van der Waals surface area contributed by atoms with Crippen LogP contribution in [0.15, 0.2) is 60.8 Å². The fourth-order valence-electron chi connectivity index (χ4n) is 4.45. The van der Waals surface area contributed by atoms with Gasteiger partial charge in [-0.2, -0.15) is 0 Å². The molecule has 0 saturated carbocycles. The number of fused-ring (bicyclic) bond motifs is 5. The number of benzene rings is 2. The minimum atomic E-state index is -0.0627. The first-order chi connectivity index (χ1) is 13.0. The summed E-state index contributed by atoms with van der Waals surface area (Å²) in [4.78, 5) is 14.7. The molecular weight excluding hydrogens is 332 g/mol. The highest BCUT2D eigenvalue weighted by molar-refractivity contribution is 5.88. The Labute approximate surface area is 160 Å². The van der Waals surface area contributed by atoms with Crippen LogP contribution in [0.5, 0.6) is 0 Å². The first kappa shape index (κ1) is 16.3. The summed E-state index contributed by atoms with van der Waals surface area (Å²) in [5.41, 5.74) is 4.71. The standard InChI is InChI=1S/C23H24N4/c1-15(2)18-14-24-20-21(25-18)26(16-10-6-5-7-11-16)22-23(3,4)17-12-8-9-13-19(17)27(20)22/h5-15,22H,1-4H3. The van der Waals surface area contributed by atoms with Gasteiger partial charge >= 0.3 is 0 Å². The molecule has 0 aliphatic carbocycles. The highest BCUT2D eigenvalue weighted by Gasteiger charge is 2.54. The summed E-state index contributed by atoms with van der Waals surface area (Å²) in [6, 6.07) is 19.2. The summed E-state index contributed by atoms with van der Waals surface area (Å²) in [5.74, 6) is 2.25. The highest BCUT2D eigenvalue weighted by Crippen LogP contribution is 2.57. The average molecular weight is 356 g/mol. The second kappa shape index (κ2) is 5.56. The van der Waals surface area contributed by atoms with E-state index in [1.54, 1.807) is 0 Å². The lowest BCUT2D eigenvalue weighted by Crippen LogP contribution is -2.46. The summed E-state index contributed by atoms with van der Waals surface area (Å²) in [6.45, 7) is 8.97. The Balaban J connectivity index is 1.79. The molecule has 1 unspecified atom stereocenters. The molecule has 2 aromatic carbocycles. The van der Waals surface area contributed by atoms with Crippen LogP contribution >= 0.6 is 0 Å². The SMILES string of the molecule is CC(C)c1cnc2c(n1)N(c1ccccc1)C1N2c2ccccc2C1(C)C. The fraction of sp³-hybridized carbons (Fsp3) is 0.304. The molecule has 0 N–H and O–H groups in total. The minimum Gasteiger partial charge on any atom is -0.301 e. The third-order valence-electron chi connectivity index (χ3n) is 5.83. The average Bonchev–Trinajstić information content (AvgIpc) is 3.14. The summed E-state index contributed by atoms with van der Waals surface area (Å²) in [7, 11) is 0. The molecule has 0 amide bonds. The summed E-state index contributed by atoms with van der Waals surface area (Å²) in [6.07, 6.45) is 2.05. The third kappa shape index (κ3) is 2.16. The van der Waals surface area contributed by atoms with Crippen LogP contribution in [0.1, 0.15) is 44.9 Å². The van der Waals surface area contributed by atoms with E-state index in [4.69, 9.17) is 9.97 Å². The maximum atomic E-state index is 5.05. The Morgan fingerprint density at radius 1 is 0.889 bits per heavy atom. The Morgan fingerprint density at radius 2 is 1.59 bits per heavy atom. The number of para-hydroxylation sites is 2. The van der Waals surface area contributed by atoms with E-state index < -0.39 is 0 Å². The molecule has 0 saturated heterocycles. The Kier molecular flexibility index (Phi) is 3.36. The molecule has 3 aromatic rings. The molecule has 1 aromatic heterocycles. The maximum Gasteiger partial charge on any atom is 0.178 e. The molecule has 0 radical (unpaired) electrons. The summed E-state index contributed by atoms with van der Waals surface area (Å²) in [5, 5.41) is 0. The number of rotatable bonds is 2. The van der Waals surface area contributed by atoms with Crippen LogP contribution in [-0.2, 0) is 5.41 Å². The fourth-order valence-corrected chi connectivity index (χ4v) is 4.45. The van der Waals surface area contributed by atoms with Gasteiger partial charge in [0, 0.05) is 16.8 Å². The van der Waals surface area contributed by atoms with Gasteiger partial charge in [-0.15, -0.1) is 0 Å². The van der Waals surface area contributed by atoms with Crippen LogP contribution in [0.2, 0.25) is 0 Å². The molecule has 136 valence electrons. The quantitative estimate of drug-likeness (QED) is 0.606. The van der Waals surface area contributed by atoms with Crippen molar-refractivity contribution in [1.82, 2.24) is 9.97 Å². The number of aromatic nitrogens is 2. The zero-order valence-corrected chi connectivity index (χ0v) is 16.2. The van der Waals surface area contributed by atoms with Gasteiger partial charge in [0.15, 0.2) is 11.6 Å². The zero-order valence-electron chi connectivity index (χ0n) is 16.2. The van der Waals surface area contributed by atoms with E-state index in [9.17, 15) is 0 Å². The van der Waals surface area contributed by atoms with Gasteiger partial charge in [-0.05, 0) is 29.7 Å². The lowest BCUT2D eigenvalue weighted by molar-refractivity contribution is 0.449. The second-order valence-electron chi connectivity index (χ2n) is 8.28. The van der Waals surface area contributed by atoms with E-state index in [1.165, 1.54) is 11.3 Å². The largest absolute Gasteiger partial charge is 0.301 e. The van der Waals surface area contributed by atoms with Crippen LogP contribution in [0, 0.1) is 0 Å². The van der Waals surface area contributed by atoms with Gasteiger partial charge < -0.3 is 9.80 Å². The predicted octanol–water partition coefficient (Wildman–Crippen LogP) is 5.51. The van der Waals surface area contributed by atoms with Crippen molar-refractivity contribution in [3.63, 3.8) is 0 Å². The van der Waals surface area contributed by atoms with E-state index >= 15 is 0 Å². The van der Waals surface area contributed by atoms with Gasteiger partial charge in [0.1, 0.15) is 6.17 Å². The van der Waals surface area contributed by atoms with E-state index in [1.807, 2.05) is 6.20 Å². The van der Waals surface area contributed by atoms with E-state index in [-0.39, 0.29) is 11.6 Å². The first-order valence-electron chi connectivity index (χ1n) is 9.60. The molecule has 0 spiro atoms. The molecule has 0 bridgehead atoms. The maximum absolute atomic E-state index is 5.05. The Bertz CT molecular complexity index is 1010. The van der Waals surface area contributed by atoms with Crippen molar-refractivity contribution in [1.29, 1.82) is 0 Å². The van der Waals surface area contributed by atoms with Gasteiger partial charge in [-0.25, -0.2) is 9.97 Å². The molecule has 4 heteroatoms. The lowest BCUT2D eigenvalue weighted by Gasteiger charge is -2.36. The van der Waals surface area contributed by atoms with Crippen molar-refractivity contribution >= 4 is 23.0 Å². The Morgan fingerprint density at radius 3 is 2.33 bits per heavy atom. The van der Waals surface area contributed by atoms with Gasteiger partial charge in [0.05, 0.1) is 11.9 Å². The number of anilines is 4. The molecule has 5 rings (SSSR count). The molecule has 2 aliphatic rings. The highest BCUT2D eigenvalue weighted by atomic mass is 15.5. The van der Waals surface area contributed by atoms with Gasteiger partial charge in [0.2, 0.25) is 0 Å². The van der Waals surface area contributed by atoms with Gasteiger partial charge in [0.25, 0.3) is 0 Å². The molecule has 3 heterocycles. The normalized spacial score (nSPS) is 19.2. The monoisotopic (exact) mass is 356 g/mol. The van der Waals surface area contributed by atoms with Crippen molar-refractivity contribution in [3.8, 4) is 0 Å². The molecule has 2 aliphatic heterocycles. The third-order valence-corrected chi connectivity index (χ3v) is 5.83. The lowest BCUT2D eigenvalue weighted by atomic mass is 9.83. The minimum absolute atomic E-state index is 0.0627. The molecule has 0 fully saturated rings. The molecular formula is C23H24N4. The van der Waals surface area contributed by atoms with Crippen LogP contribution in [0.3, 0.4) is 0 Å². The number of hydrogen-bond donors (Lipinski definition) is 0. The van der Waals surface area contributed by atoms with Crippen LogP contribution in [0.25, 0.3) is 0 Å². The van der Waals surface area contributed by atoms with E-state index in [0.29, 0.717) is 5.92 Å². The van der Waals surface area contributed by atoms with Crippen molar-refractivity contribution in [2.24, 2.45) is 0 Å². The van der Waals surface area contributed by atoms with Crippen molar-refractivity contribution in [3.05, 3.63) is 72.1 Å². The molecule has 4 nitrogen and oxygen atoms in total. The van der Waals surface area contributed by atoms with E-state index in [2.05, 4.69) is 92.1 Å². The zero-order chi connectivity index (χ0) is 18.8. The first-order valence-corrected chi connectivity index (χ1v) is 9.60. The predicted molar refractivity (Wildman–Crippen MR) is 110 cm³/mol. The second-order valence-corrected chi connectivity index (χ2v) is 8.28. The number of nitrogens with zero attached hydrogens (tertiary/aromatic N) is 4. The van der Waals surface area contributed by atoms with Crippen molar-refractivity contribution < 1.29 is 0 Å². The summed E-state index contributed by atoms with van der Waals surface area (Å²) >= 11 is 0. The van der Waals surface area contributed by atoms with Crippen LogP contribution in [0.4, 0.5) is 23.0 Å². The summed E-state index contributed by atoms with van der Waals surface area (Å²) < 4.78 is 0. The van der Waals surface area contributed by atoms with Crippen molar-refractivity contribution in [2.45, 2.75) is 45.2 Å². The van der Waals surface area contributed by atoms with Crippen LogP contribution in [-0.4, -0.2) is 16.1 Å². The molecule has 1 atom stereocenters. The van der Waals surface area contributed by atoms with E-state index in [0.717, 1.165) is 23.0 Å². The van der Waals surface area contributed by atoms with Gasteiger partial charge in [-0.1, -0.05) is 64.1 Å². The topological polar surface area (TPSA) is 32.3 Å². The van der Waals surface area contributed by atoms with Gasteiger partial charge in [-0.3, -0.25) is 0 Å². The van der Waals surface area contributed by atoms with Crippen molar-refractivity contribution in [2.75, 3.05) is 9.80 Å². The van der Waals surface area contributed by atoms with Crippen LogP contribution < -0.4 is 9.80 Å². The Hall–Kier alpha value is -2.88.